The Morgan fingerprint density at radius 3 is 2.50 bits per heavy atom. The van der Waals surface area contributed by atoms with Gasteiger partial charge in [-0.2, -0.15) is 0 Å². The number of carbonyl (C=O) groups is 1. The maximum absolute atomic E-state index is 13.8. The van der Waals surface area contributed by atoms with Gasteiger partial charge >= 0.3 is 0 Å². The largest absolute Gasteiger partial charge is 0.354 e. The van der Waals surface area contributed by atoms with E-state index in [0.29, 0.717) is 12.2 Å². The van der Waals surface area contributed by atoms with Crippen LogP contribution in [0.5, 0.6) is 0 Å². The number of hydrogen-bond donors (Lipinski definition) is 2. The van der Waals surface area contributed by atoms with Gasteiger partial charge < -0.3 is 10.6 Å². The fraction of sp³-hybridized carbons (Fsp3) is 0.150. The highest BCUT2D eigenvalue weighted by Gasteiger charge is 2.17. The summed E-state index contributed by atoms with van der Waals surface area (Å²) in [5, 5.41) is 5.23. The second-order valence-corrected chi connectivity index (χ2v) is 6.06. The molecule has 28 heavy (non-hydrogen) atoms. The molecule has 2 N–H and O–H groups in total. The number of nitrogens with one attached hydrogen (secondary N) is 2. The summed E-state index contributed by atoms with van der Waals surface area (Å²) in [6.07, 6.45) is 0.736. The van der Waals surface area contributed by atoms with Crippen molar-refractivity contribution in [2.24, 2.45) is 0 Å². The summed E-state index contributed by atoms with van der Waals surface area (Å²) in [5.74, 6) is -4.98. The second-order valence-electron chi connectivity index (χ2n) is 6.06. The first kappa shape index (κ1) is 19.3. The summed E-state index contributed by atoms with van der Waals surface area (Å²) < 4.78 is 40.1. The maximum Gasteiger partial charge on any atom is 0.274 e. The van der Waals surface area contributed by atoms with E-state index in [2.05, 4.69) is 20.6 Å². The van der Waals surface area contributed by atoms with Crippen molar-refractivity contribution in [3.05, 3.63) is 82.9 Å². The first-order valence-corrected chi connectivity index (χ1v) is 8.52. The molecule has 0 aliphatic rings. The van der Waals surface area contributed by atoms with Gasteiger partial charge in [-0.25, -0.2) is 23.1 Å². The number of amides is 1. The van der Waals surface area contributed by atoms with Crippen LogP contribution in [0, 0.1) is 24.4 Å². The number of benzene rings is 2. The van der Waals surface area contributed by atoms with Crippen LogP contribution in [0.2, 0.25) is 0 Å². The van der Waals surface area contributed by atoms with E-state index in [1.54, 1.807) is 6.92 Å². The molecule has 1 heterocycles. The molecular formula is C20H17F3N4O. The van der Waals surface area contributed by atoms with Crippen LogP contribution < -0.4 is 10.6 Å². The molecule has 144 valence electrons. The van der Waals surface area contributed by atoms with Crippen molar-refractivity contribution in [1.29, 1.82) is 0 Å². The SMILES string of the molecule is Cc1cc(C(=O)Nc2ccc(F)c(F)c2F)nc(NCCc2ccccc2)n1. The Balaban J connectivity index is 1.70. The number of hydrogen-bond acceptors (Lipinski definition) is 4. The number of aryl methyl sites for hydroxylation is 1. The van der Waals surface area contributed by atoms with Crippen LogP contribution in [0.3, 0.4) is 0 Å². The lowest BCUT2D eigenvalue weighted by molar-refractivity contribution is 0.102. The quantitative estimate of drug-likeness (QED) is 0.626. The van der Waals surface area contributed by atoms with E-state index in [4.69, 9.17) is 0 Å². The molecule has 2 aromatic carbocycles. The third kappa shape index (κ3) is 4.64. The van der Waals surface area contributed by atoms with Crippen molar-refractivity contribution in [2.75, 3.05) is 17.2 Å². The summed E-state index contributed by atoms with van der Waals surface area (Å²) in [5.41, 5.74) is 1.15. The molecule has 3 aromatic rings. The minimum absolute atomic E-state index is 0.0288. The topological polar surface area (TPSA) is 66.9 Å². The van der Waals surface area contributed by atoms with Gasteiger partial charge in [0.15, 0.2) is 17.5 Å². The molecule has 3 rings (SSSR count). The van der Waals surface area contributed by atoms with Crippen LogP contribution in [0.4, 0.5) is 24.8 Å². The Kier molecular flexibility index (Phi) is 5.88. The molecule has 8 heteroatoms. The van der Waals surface area contributed by atoms with Crippen molar-refractivity contribution in [2.45, 2.75) is 13.3 Å². The molecule has 0 radical (unpaired) electrons. The number of anilines is 2. The van der Waals surface area contributed by atoms with Gasteiger partial charge in [0.05, 0.1) is 5.69 Å². The summed E-state index contributed by atoms with van der Waals surface area (Å²) in [6.45, 7) is 2.23. The molecule has 0 aliphatic heterocycles. The van der Waals surface area contributed by atoms with Gasteiger partial charge in [-0.15, -0.1) is 0 Å². The standard InChI is InChI=1S/C20H17F3N4O/c1-12-11-16(19(28)26-15-8-7-14(21)17(22)18(15)23)27-20(25-12)24-10-9-13-5-3-2-4-6-13/h2-8,11H,9-10H2,1H3,(H,26,28)(H,24,25,27). The van der Waals surface area contributed by atoms with Gasteiger partial charge in [0.1, 0.15) is 5.69 Å². The van der Waals surface area contributed by atoms with Crippen molar-refractivity contribution in [3.63, 3.8) is 0 Å². The zero-order valence-electron chi connectivity index (χ0n) is 15.0. The van der Waals surface area contributed by atoms with E-state index in [1.165, 1.54) is 6.07 Å². The molecule has 0 spiro atoms. The molecule has 0 fully saturated rings. The zero-order valence-corrected chi connectivity index (χ0v) is 15.0. The van der Waals surface area contributed by atoms with Gasteiger partial charge in [-0.1, -0.05) is 30.3 Å². The fourth-order valence-corrected chi connectivity index (χ4v) is 2.54. The lowest BCUT2D eigenvalue weighted by atomic mass is 10.1. The predicted molar refractivity (Wildman–Crippen MR) is 99.7 cm³/mol. The molecule has 0 unspecified atom stereocenters. The van der Waals surface area contributed by atoms with Crippen molar-refractivity contribution in [1.82, 2.24) is 9.97 Å². The van der Waals surface area contributed by atoms with Crippen molar-refractivity contribution >= 4 is 17.5 Å². The summed E-state index contributed by atoms with van der Waals surface area (Å²) in [6, 6.07) is 12.9. The van der Waals surface area contributed by atoms with Gasteiger partial charge in [-0.3, -0.25) is 4.79 Å². The lowest BCUT2D eigenvalue weighted by Crippen LogP contribution is -2.18. The minimum Gasteiger partial charge on any atom is -0.354 e. The Hall–Kier alpha value is -3.42. The minimum atomic E-state index is -1.65. The smallest absolute Gasteiger partial charge is 0.274 e. The van der Waals surface area contributed by atoms with Crippen LogP contribution in [0.1, 0.15) is 21.7 Å². The third-order valence-electron chi connectivity index (χ3n) is 3.91. The summed E-state index contributed by atoms with van der Waals surface area (Å²) in [4.78, 5) is 20.7. The highest BCUT2D eigenvalue weighted by atomic mass is 19.2. The highest BCUT2D eigenvalue weighted by molar-refractivity contribution is 6.03. The molecule has 0 saturated heterocycles. The molecule has 0 bridgehead atoms. The molecule has 1 amide bonds. The average molecular weight is 386 g/mol. The Morgan fingerprint density at radius 2 is 1.75 bits per heavy atom. The van der Waals surface area contributed by atoms with E-state index in [-0.39, 0.29) is 11.6 Å². The first-order valence-electron chi connectivity index (χ1n) is 8.52. The molecule has 0 aliphatic carbocycles. The molecule has 5 nitrogen and oxygen atoms in total. The highest BCUT2D eigenvalue weighted by Crippen LogP contribution is 2.20. The monoisotopic (exact) mass is 386 g/mol. The fourth-order valence-electron chi connectivity index (χ4n) is 2.54. The normalized spacial score (nSPS) is 10.6. The summed E-state index contributed by atoms with van der Waals surface area (Å²) >= 11 is 0. The molecular weight excluding hydrogens is 369 g/mol. The van der Waals surface area contributed by atoms with E-state index in [1.807, 2.05) is 30.3 Å². The van der Waals surface area contributed by atoms with Crippen LogP contribution in [0.15, 0.2) is 48.5 Å². The van der Waals surface area contributed by atoms with E-state index < -0.39 is 29.0 Å². The lowest BCUT2D eigenvalue weighted by Gasteiger charge is -2.10. The van der Waals surface area contributed by atoms with Crippen molar-refractivity contribution < 1.29 is 18.0 Å². The van der Waals surface area contributed by atoms with Gasteiger partial charge in [0, 0.05) is 12.2 Å². The Labute approximate surface area is 159 Å². The number of aromatic nitrogens is 2. The number of carbonyl (C=O) groups excluding carboxylic acids is 1. The Morgan fingerprint density at radius 1 is 1.00 bits per heavy atom. The average Bonchev–Trinajstić information content (AvgIpc) is 2.69. The van der Waals surface area contributed by atoms with E-state index >= 15 is 0 Å². The van der Waals surface area contributed by atoms with Gasteiger partial charge in [0.2, 0.25) is 5.95 Å². The van der Waals surface area contributed by atoms with Crippen molar-refractivity contribution in [3.8, 4) is 0 Å². The zero-order chi connectivity index (χ0) is 20.1. The number of rotatable bonds is 6. The second kappa shape index (κ2) is 8.51. The van der Waals surface area contributed by atoms with Crippen LogP contribution in [-0.4, -0.2) is 22.4 Å². The number of nitrogens with zero attached hydrogens (tertiary/aromatic N) is 2. The summed E-state index contributed by atoms with van der Waals surface area (Å²) in [7, 11) is 0. The predicted octanol–water partition coefficient (Wildman–Crippen LogP) is 4.11. The number of halogens is 3. The third-order valence-corrected chi connectivity index (χ3v) is 3.91. The Bertz CT molecular complexity index is 996. The molecule has 1 aromatic heterocycles. The van der Waals surface area contributed by atoms with E-state index in [9.17, 15) is 18.0 Å². The maximum atomic E-state index is 13.8. The molecule has 0 atom stereocenters. The van der Waals surface area contributed by atoms with Gasteiger partial charge in [0.25, 0.3) is 5.91 Å². The van der Waals surface area contributed by atoms with Crippen LogP contribution in [-0.2, 0) is 6.42 Å². The van der Waals surface area contributed by atoms with E-state index in [0.717, 1.165) is 24.1 Å². The van der Waals surface area contributed by atoms with Crippen LogP contribution in [0.25, 0.3) is 0 Å². The van der Waals surface area contributed by atoms with Crippen LogP contribution >= 0.6 is 0 Å². The van der Waals surface area contributed by atoms with Gasteiger partial charge in [-0.05, 0) is 37.1 Å². The first-order chi connectivity index (χ1) is 13.4. The molecule has 0 saturated carbocycles.